The molecular formula is C17H25NO. The minimum absolute atomic E-state index is 0.159. The van der Waals surface area contributed by atoms with Crippen LogP contribution in [0.15, 0.2) is 18.2 Å². The number of aliphatic hydroxyl groups is 1. The molecule has 0 amide bonds. The molecule has 1 saturated carbocycles. The molecule has 0 bridgehead atoms. The van der Waals surface area contributed by atoms with E-state index < -0.39 is 0 Å². The van der Waals surface area contributed by atoms with Crippen molar-refractivity contribution in [3.63, 3.8) is 0 Å². The molecule has 0 aromatic heterocycles. The zero-order chi connectivity index (χ0) is 13.2. The topological polar surface area (TPSA) is 23.2 Å². The molecule has 2 fully saturated rings. The van der Waals surface area contributed by atoms with Crippen molar-refractivity contribution >= 4 is 0 Å². The normalized spacial score (nSPS) is 20.5. The molecule has 1 N–H and O–H groups in total. The highest BCUT2D eigenvalue weighted by Crippen LogP contribution is 2.40. The van der Waals surface area contributed by atoms with E-state index in [4.69, 9.17) is 0 Å². The van der Waals surface area contributed by atoms with Gasteiger partial charge in [-0.25, -0.2) is 0 Å². The van der Waals surface area contributed by atoms with E-state index in [1.54, 1.807) is 0 Å². The van der Waals surface area contributed by atoms with Gasteiger partial charge in [0.25, 0.3) is 0 Å². The largest absolute Gasteiger partial charge is 0.392 e. The minimum atomic E-state index is 0.159. The number of aliphatic hydroxyl groups excluding tert-OH is 1. The Morgan fingerprint density at radius 1 is 1.32 bits per heavy atom. The van der Waals surface area contributed by atoms with Gasteiger partial charge in [-0.3, -0.25) is 0 Å². The zero-order valence-electron chi connectivity index (χ0n) is 11.9. The van der Waals surface area contributed by atoms with E-state index in [2.05, 4.69) is 30.0 Å². The van der Waals surface area contributed by atoms with Gasteiger partial charge in [0.15, 0.2) is 0 Å². The van der Waals surface area contributed by atoms with Gasteiger partial charge in [0.05, 0.1) is 6.61 Å². The Morgan fingerprint density at radius 3 is 2.68 bits per heavy atom. The summed E-state index contributed by atoms with van der Waals surface area (Å²) in [4.78, 5) is 2.57. The number of hydrogen-bond acceptors (Lipinski definition) is 2. The average Bonchev–Trinajstić information content (AvgIpc) is 3.27. The number of aryl methyl sites for hydroxylation is 2. The van der Waals surface area contributed by atoms with Crippen LogP contribution < -0.4 is 0 Å². The first-order valence-electron chi connectivity index (χ1n) is 7.68. The molecule has 1 unspecified atom stereocenters. The Morgan fingerprint density at radius 2 is 2.11 bits per heavy atom. The smallest absolute Gasteiger partial charge is 0.0684 e. The fraction of sp³-hybridized carbons (Fsp3) is 0.647. The van der Waals surface area contributed by atoms with Crippen molar-refractivity contribution in [2.24, 2.45) is 11.8 Å². The van der Waals surface area contributed by atoms with Gasteiger partial charge in [0, 0.05) is 19.6 Å². The van der Waals surface area contributed by atoms with Gasteiger partial charge in [-0.1, -0.05) is 18.2 Å². The summed E-state index contributed by atoms with van der Waals surface area (Å²) in [5, 5.41) is 9.21. The molecule has 1 aliphatic carbocycles. The lowest BCUT2D eigenvalue weighted by Gasteiger charge is -2.17. The first-order chi connectivity index (χ1) is 9.26. The summed E-state index contributed by atoms with van der Waals surface area (Å²) in [6.07, 6.45) is 5.45. The second kappa shape index (κ2) is 5.64. The van der Waals surface area contributed by atoms with E-state index in [1.807, 2.05) is 0 Å². The molecule has 2 heteroatoms. The van der Waals surface area contributed by atoms with Crippen molar-refractivity contribution in [3.05, 3.63) is 34.9 Å². The molecule has 104 valence electrons. The van der Waals surface area contributed by atoms with Crippen LogP contribution in [0.1, 0.15) is 36.0 Å². The predicted molar refractivity (Wildman–Crippen MR) is 78.1 cm³/mol. The second-order valence-corrected chi connectivity index (χ2v) is 6.36. The lowest BCUT2D eigenvalue weighted by atomic mass is 9.93. The van der Waals surface area contributed by atoms with E-state index >= 15 is 0 Å². The minimum Gasteiger partial charge on any atom is -0.392 e. The molecular weight excluding hydrogens is 234 g/mol. The van der Waals surface area contributed by atoms with Gasteiger partial charge in [-0.2, -0.15) is 0 Å². The Labute approximate surface area is 116 Å². The Kier molecular flexibility index (Phi) is 3.90. The first-order valence-corrected chi connectivity index (χ1v) is 7.68. The van der Waals surface area contributed by atoms with Crippen molar-refractivity contribution in [2.75, 3.05) is 19.6 Å². The molecule has 0 radical (unpaired) electrons. The highest BCUT2D eigenvalue weighted by atomic mass is 16.3. The van der Waals surface area contributed by atoms with Crippen LogP contribution >= 0.6 is 0 Å². The fourth-order valence-corrected chi connectivity index (χ4v) is 3.07. The van der Waals surface area contributed by atoms with Gasteiger partial charge >= 0.3 is 0 Å². The molecule has 1 aliphatic heterocycles. The second-order valence-electron chi connectivity index (χ2n) is 6.36. The Bertz CT molecular complexity index is 435. The van der Waals surface area contributed by atoms with Gasteiger partial charge in [0.1, 0.15) is 0 Å². The molecule has 2 nitrogen and oxygen atoms in total. The van der Waals surface area contributed by atoms with Crippen LogP contribution in [-0.2, 0) is 13.0 Å². The van der Waals surface area contributed by atoms with Crippen molar-refractivity contribution in [3.8, 4) is 0 Å². The Balaban J connectivity index is 1.56. The van der Waals surface area contributed by atoms with Crippen LogP contribution in [-0.4, -0.2) is 29.6 Å². The average molecular weight is 259 g/mol. The third-order valence-corrected chi connectivity index (χ3v) is 4.70. The van der Waals surface area contributed by atoms with E-state index in [1.165, 1.54) is 56.4 Å². The number of benzene rings is 1. The van der Waals surface area contributed by atoms with Crippen LogP contribution in [0, 0.1) is 18.8 Å². The quantitative estimate of drug-likeness (QED) is 0.761. The molecule has 0 spiro atoms. The van der Waals surface area contributed by atoms with E-state index in [-0.39, 0.29) is 6.61 Å². The van der Waals surface area contributed by atoms with Crippen molar-refractivity contribution < 1.29 is 5.11 Å². The SMILES string of the molecule is Cc1cc(CCC(CN2CC2)C2CC2)ccc1CO. The van der Waals surface area contributed by atoms with Crippen LogP contribution in [0.3, 0.4) is 0 Å². The van der Waals surface area contributed by atoms with Crippen molar-refractivity contribution in [1.29, 1.82) is 0 Å². The van der Waals surface area contributed by atoms with Gasteiger partial charge < -0.3 is 10.0 Å². The van der Waals surface area contributed by atoms with E-state index in [0.29, 0.717) is 0 Å². The molecule has 1 aromatic carbocycles. The molecule has 3 rings (SSSR count). The third-order valence-electron chi connectivity index (χ3n) is 4.70. The molecule has 1 saturated heterocycles. The summed E-state index contributed by atoms with van der Waals surface area (Å²) in [6.45, 7) is 6.24. The van der Waals surface area contributed by atoms with Crippen molar-refractivity contribution in [1.82, 2.24) is 4.90 Å². The van der Waals surface area contributed by atoms with Crippen molar-refractivity contribution in [2.45, 2.75) is 39.2 Å². The lowest BCUT2D eigenvalue weighted by Crippen LogP contribution is -2.16. The summed E-state index contributed by atoms with van der Waals surface area (Å²) in [5.74, 6) is 1.93. The Hall–Kier alpha value is -0.860. The molecule has 1 aromatic rings. The van der Waals surface area contributed by atoms with E-state index in [0.717, 1.165) is 17.4 Å². The molecule has 1 atom stereocenters. The standard InChI is InChI=1S/C17H25NO/c1-13-10-14(3-5-17(13)12-19)2-4-16(15-6-7-15)11-18-8-9-18/h3,5,10,15-16,19H,2,4,6-9,11-12H2,1H3. The van der Waals surface area contributed by atoms with Gasteiger partial charge in [-0.15, -0.1) is 0 Å². The molecule has 2 aliphatic rings. The van der Waals surface area contributed by atoms with Crippen LogP contribution in [0.5, 0.6) is 0 Å². The predicted octanol–water partition coefficient (Wildman–Crippen LogP) is 2.76. The summed E-state index contributed by atoms with van der Waals surface area (Å²) < 4.78 is 0. The number of rotatable bonds is 7. The van der Waals surface area contributed by atoms with Gasteiger partial charge in [0.2, 0.25) is 0 Å². The number of hydrogen-bond donors (Lipinski definition) is 1. The maximum Gasteiger partial charge on any atom is 0.0684 e. The van der Waals surface area contributed by atoms with Gasteiger partial charge in [-0.05, 0) is 61.1 Å². The first kappa shape index (κ1) is 13.1. The number of nitrogens with zero attached hydrogens (tertiary/aromatic N) is 1. The van der Waals surface area contributed by atoms with Crippen LogP contribution in [0.25, 0.3) is 0 Å². The summed E-state index contributed by atoms with van der Waals surface area (Å²) in [7, 11) is 0. The molecule has 1 heterocycles. The summed E-state index contributed by atoms with van der Waals surface area (Å²) >= 11 is 0. The summed E-state index contributed by atoms with van der Waals surface area (Å²) in [6, 6.07) is 6.54. The highest BCUT2D eigenvalue weighted by molar-refractivity contribution is 5.30. The third kappa shape index (κ3) is 3.58. The highest BCUT2D eigenvalue weighted by Gasteiger charge is 2.33. The maximum absolute atomic E-state index is 9.21. The maximum atomic E-state index is 9.21. The van der Waals surface area contributed by atoms with E-state index in [9.17, 15) is 5.11 Å². The van der Waals surface area contributed by atoms with Crippen LogP contribution in [0.4, 0.5) is 0 Å². The van der Waals surface area contributed by atoms with Crippen LogP contribution in [0.2, 0.25) is 0 Å². The zero-order valence-corrected chi connectivity index (χ0v) is 11.9. The lowest BCUT2D eigenvalue weighted by molar-refractivity contribution is 0.281. The fourth-order valence-electron chi connectivity index (χ4n) is 3.07. The molecule has 19 heavy (non-hydrogen) atoms. The monoisotopic (exact) mass is 259 g/mol. The summed E-state index contributed by atoms with van der Waals surface area (Å²) in [5.41, 5.74) is 3.73.